The molecule has 3 fully saturated rings. The molecule has 6 rings (SSSR count). The van der Waals surface area contributed by atoms with Crippen LogP contribution in [0.15, 0.2) is 54.1 Å². The molecule has 3 aromatic rings. The first-order valence-electron chi connectivity index (χ1n) is 14.2. The second kappa shape index (κ2) is 10.2. The van der Waals surface area contributed by atoms with Gasteiger partial charge in [0.05, 0.1) is 10.9 Å². The third kappa shape index (κ3) is 5.20. The highest BCUT2D eigenvalue weighted by Gasteiger charge is 2.45. The first-order valence-corrected chi connectivity index (χ1v) is 14.2. The first kappa shape index (κ1) is 25.7. The highest BCUT2D eigenvalue weighted by molar-refractivity contribution is 5.87. The third-order valence-corrected chi connectivity index (χ3v) is 8.50. The molecule has 2 aliphatic carbocycles. The van der Waals surface area contributed by atoms with Gasteiger partial charge >= 0.3 is 5.69 Å². The van der Waals surface area contributed by atoms with E-state index >= 15 is 0 Å². The Morgan fingerprint density at radius 2 is 1.79 bits per heavy atom. The van der Waals surface area contributed by atoms with Crippen molar-refractivity contribution in [1.29, 1.82) is 0 Å². The summed E-state index contributed by atoms with van der Waals surface area (Å²) in [5.41, 5.74) is 2.70. The molecule has 1 amide bonds. The summed E-state index contributed by atoms with van der Waals surface area (Å²) in [5.74, 6) is 1.37. The molecule has 9 heteroatoms. The number of hydrogen-bond acceptors (Lipinski definition) is 7. The van der Waals surface area contributed by atoms with E-state index in [1.165, 1.54) is 36.5 Å². The van der Waals surface area contributed by atoms with Gasteiger partial charge < -0.3 is 10.2 Å². The van der Waals surface area contributed by atoms with Gasteiger partial charge in [-0.05, 0) is 56.2 Å². The molecule has 1 atom stereocenters. The van der Waals surface area contributed by atoms with Crippen LogP contribution < -0.4 is 11.0 Å². The van der Waals surface area contributed by atoms with Crippen LogP contribution >= 0.6 is 0 Å². The van der Waals surface area contributed by atoms with Crippen LogP contribution in [-0.4, -0.2) is 61.4 Å². The van der Waals surface area contributed by atoms with Crippen molar-refractivity contribution in [1.82, 2.24) is 29.3 Å². The predicted molar refractivity (Wildman–Crippen MR) is 151 cm³/mol. The Bertz CT molecular complexity index is 1430. The lowest BCUT2D eigenvalue weighted by Crippen LogP contribution is -2.49. The standard InChI is InChI=1S/C30H37N7O2/c1-4-26(38)36-15-13-35(14-16-36)25(17-21-5-6-21)22-7-9-24(10-8-22)30(11-12-30)34-28-31-18-23-19-32-29(39)37(20(2)3)27(23)33-28/h4,7-10,18-21,25H,1,5-6,11-17H2,2-3H3,(H,31,33,34). The maximum atomic E-state index is 12.4. The summed E-state index contributed by atoms with van der Waals surface area (Å²) in [4.78, 5) is 42.1. The molecular formula is C30H37N7O2. The molecule has 2 aromatic heterocycles. The maximum Gasteiger partial charge on any atom is 0.349 e. The highest BCUT2D eigenvalue weighted by atomic mass is 16.2. The number of piperazine rings is 1. The van der Waals surface area contributed by atoms with Gasteiger partial charge in [-0.25, -0.2) is 14.8 Å². The van der Waals surface area contributed by atoms with E-state index in [4.69, 9.17) is 4.98 Å². The topological polar surface area (TPSA) is 96.3 Å². The largest absolute Gasteiger partial charge is 0.349 e. The maximum absolute atomic E-state index is 12.4. The number of rotatable bonds is 9. The van der Waals surface area contributed by atoms with Crippen molar-refractivity contribution in [2.75, 3.05) is 31.5 Å². The van der Waals surface area contributed by atoms with E-state index in [0.29, 0.717) is 17.6 Å². The summed E-state index contributed by atoms with van der Waals surface area (Å²) in [7, 11) is 0. The van der Waals surface area contributed by atoms with Crippen molar-refractivity contribution in [2.24, 2.45) is 5.92 Å². The Labute approximate surface area is 229 Å². The molecule has 1 aliphatic heterocycles. The van der Waals surface area contributed by atoms with Crippen LogP contribution in [0.3, 0.4) is 0 Å². The van der Waals surface area contributed by atoms with Crippen molar-refractivity contribution < 1.29 is 4.79 Å². The average Bonchev–Trinajstić information content (AvgIpc) is 3.89. The second-order valence-electron chi connectivity index (χ2n) is 11.6. The monoisotopic (exact) mass is 527 g/mol. The fourth-order valence-electron chi connectivity index (χ4n) is 5.87. The van der Waals surface area contributed by atoms with Gasteiger partial charge in [0.25, 0.3) is 0 Å². The number of fused-ring (bicyclic) bond motifs is 1. The predicted octanol–water partition coefficient (Wildman–Crippen LogP) is 4.04. The Hall–Kier alpha value is -3.59. The molecule has 2 saturated carbocycles. The molecule has 3 heterocycles. The van der Waals surface area contributed by atoms with Crippen molar-refractivity contribution in [2.45, 2.75) is 63.6 Å². The van der Waals surface area contributed by atoms with Crippen LogP contribution in [0.25, 0.3) is 11.0 Å². The molecular weight excluding hydrogens is 490 g/mol. The van der Waals surface area contributed by atoms with E-state index in [-0.39, 0.29) is 23.2 Å². The molecule has 39 heavy (non-hydrogen) atoms. The van der Waals surface area contributed by atoms with Gasteiger partial charge in [-0.2, -0.15) is 4.98 Å². The van der Waals surface area contributed by atoms with E-state index < -0.39 is 0 Å². The Morgan fingerprint density at radius 3 is 2.41 bits per heavy atom. The van der Waals surface area contributed by atoms with Gasteiger partial charge in [0, 0.05) is 50.7 Å². The molecule has 0 radical (unpaired) electrons. The quantitative estimate of drug-likeness (QED) is 0.420. The molecule has 9 nitrogen and oxygen atoms in total. The van der Waals surface area contributed by atoms with E-state index in [0.717, 1.165) is 50.3 Å². The zero-order valence-corrected chi connectivity index (χ0v) is 22.8. The molecule has 1 aromatic carbocycles. The number of nitrogens with zero attached hydrogens (tertiary/aromatic N) is 6. The number of aromatic nitrogens is 4. The van der Waals surface area contributed by atoms with E-state index in [9.17, 15) is 9.59 Å². The molecule has 0 spiro atoms. The smallest absolute Gasteiger partial charge is 0.345 e. The molecule has 0 bridgehead atoms. The Morgan fingerprint density at radius 1 is 1.10 bits per heavy atom. The summed E-state index contributed by atoms with van der Waals surface area (Å²) in [5, 5.41) is 4.33. The number of carbonyl (C=O) groups is 1. The minimum atomic E-state index is -0.298. The van der Waals surface area contributed by atoms with E-state index in [1.807, 2.05) is 18.7 Å². The zero-order valence-electron chi connectivity index (χ0n) is 22.8. The zero-order chi connectivity index (χ0) is 27.1. The minimum Gasteiger partial charge on any atom is -0.345 e. The molecule has 1 unspecified atom stereocenters. The number of nitrogens with one attached hydrogen (secondary N) is 1. The number of carbonyl (C=O) groups excluding carboxylic acids is 1. The van der Waals surface area contributed by atoms with Gasteiger partial charge in [0.2, 0.25) is 11.9 Å². The number of hydrogen-bond donors (Lipinski definition) is 1. The first-order chi connectivity index (χ1) is 18.9. The van der Waals surface area contributed by atoms with Gasteiger partial charge in [-0.15, -0.1) is 0 Å². The second-order valence-corrected chi connectivity index (χ2v) is 11.6. The number of benzene rings is 1. The molecule has 1 N–H and O–H groups in total. The minimum absolute atomic E-state index is 0.0273. The lowest BCUT2D eigenvalue weighted by atomic mass is 9.95. The highest BCUT2D eigenvalue weighted by Crippen LogP contribution is 2.48. The normalized spacial score (nSPS) is 19.7. The van der Waals surface area contributed by atoms with Crippen molar-refractivity contribution in [3.05, 3.63) is 70.9 Å². The van der Waals surface area contributed by atoms with Crippen LogP contribution in [0, 0.1) is 5.92 Å². The SMILES string of the molecule is C=CC(=O)N1CCN(C(CC2CC2)c2ccc(C3(Nc4ncc5cnc(=O)n(C(C)C)c5n4)CC3)cc2)CC1. The summed E-state index contributed by atoms with van der Waals surface area (Å²) < 4.78 is 1.61. The van der Waals surface area contributed by atoms with E-state index in [1.54, 1.807) is 17.0 Å². The van der Waals surface area contributed by atoms with E-state index in [2.05, 4.69) is 51.0 Å². The Kier molecular flexibility index (Phi) is 6.71. The number of amides is 1. The molecule has 204 valence electrons. The summed E-state index contributed by atoms with van der Waals surface area (Å²) in [6.45, 7) is 10.8. The molecule has 3 aliphatic rings. The lowest BCUT2D eigenvalue weighted by Gasteiger charge is -2.39. The number of anilines is 1. The molecule has 1 saturated heterocycles. The van der Waals surface area contributed by atoms with Crippen molar-refractivity contribution in [3.63, 3.8) is 0 Å². The van der Waals surface area contributed by atoms with Crippen LogP contribution in [0.5, 0.6) is 0 Å². The fraction of sp³-hybridized carbons (Fsp3) is 0.500. The van der Waals surface area contributed by atoms with Gasteiger partial charge in [0.15, 0.2) is 5.65 Å². The summed E-state index contributed by atoms with van der Waals surface area (Å²) >= 11 is 0. The third-order valence-electron chi connectivity index (χ3n) is 8.50. The van der Waals surface area contributed by atoms with Gasteiger partial charge in [-0.3, -0.25) is 14.3 Å². The van der Waals surface area contributed by atoms with Crippen LogP contribution in [0.1, 0.15) is 69.2 Å². The van der Waals surface area contributed by atoms with Crippen LogP contribution in [0.4, 0.5) is 5.95 Å². The van der Waals surface area contributed by atoms with Gasteiger partial charge in [0.1, 0.15) is 0 Å². The lowest BCUT2D eigenvalue weighted by molar-refractivity contribution is -0.128. The fourth-order valence-corrected chi connectivity index (χ4v) is 5.87. The van der Waals surface area contributed by atoms with Gasteiger partial charge in [-0.1, -0.05) is 43.7 Å². The summed E-state index contributed by atoms with van der Waals surface area (Å²) in [6, 6.07) is 9.40. The average molecular weight is 528 g/mol. The van der Waals surface area contributed by atoms with Crippen LogP contribution in [-0.2, 0) is 10.3 Å². The van der Waals surface area contributed by atoms with Crippen LogP contribution in [0.2, 0.25) is 0 Å². The summed E-state index contributed by atoms with van der Waals surface area (Å²) in [6.07, 6.45) is 10.5. The van der Waals surface area contributed by atoms with Crippen molar-refractivity contribution in [3.8, 4) is 0 Å². The Balaban J connectivity index is 1.20. The van der Waals surface area contributed by atoms with Crippen molar-refractivity contribution >= 4 is 22.9 Å².